The molecule has 0 spiro atoms. The van der Waals surface area contributed by atoms with Gasteiger partial charge in [-0.3, -0.25) is 4.21 Å². The van der Waals surface area contributed by atoms with E-state index in [4.69, 9.17) is 0 Å². The largest absolute Gasteiger partial charge is 0.317 e. The van der Waals surface area contributed by atoms with E-state index in [9.17, 15) is 4.21 Å². The molecule has 1 aromatic carbocycles. The van der Waals surface area contributed by atoms with Crippen LogP contribution >= 0.6 is 0 Å². The third kappa shape index (κ3) is 4.54. The van der Waals surface area contributed by atoms with Gasteiger partial charge in [0.1, 0.15) is 0 Å². The van der Waals surface area contributed by atoms with Gasteiger partial charge in [-0.25, -0.2) is 0 Å². The standard InChI is InChI=1S/C15H23NOS/c1-13-3-2-4-15(11-13)12-18(17)10-7-14-5-8-16-9-6-14/h2-4,11,14,16H,5-10,12H2,1H3. The first kappa shape index (κ1) is 13.8. The molecule has 0 bridgehead atoms. The van der Waals surface area contributed by atoms with Crippen LogP contribution in [0.2, 0.25) is 0 Å². The van der Waals surface area contributed by atoms with E-state index in [0.29, 0.717) is 5.75 Å². The average Bonchev–Trinajstić information content (AvgIpc) is 2.38. The summed E-state index contributed by atoms with van der Waals surface area (Å²) in [5, 5.41) is 3.37. The van der Waals surface area contributed by atoms with Gasteiger partial charge in [0.25, 0.3) is 0 Å². The van der Waals surface area contributed by atoms with Crippen molar-refractivity contribution in [3.05, 3.63) is 35.4 Å². The Hall–Kier alpha value is -0.670. The Kier molecular flexibility index (Phi) is 5.39. The molecule has 1 saturated heterocycles. The predicted octanol–water partition coefficient (Wildman–Crippen LogP) is 2.63. The van der Waals surface area contributed by atoms with E-state index in [1.807, 2.05) is 0 Å². The SMILES string of the molecule is Cc1cccc(CS(=O)CCC2CCNCC2)c1. The van der Waals surface area contributed by atoms with Gasteiger partial charge in [-0.05, 0) is 50.8 Å². The van der Waals surface area contributed by atoms with Gasteiger partial charge < -0.3 is 5.32 Å². The third-order valence-electron chi connectivity index (χ3n) is 3.62. The van der Waals surface area contributed by atoms with Crippen molar-refractivity contribution in [1.29, 1.82) is 0 Å². The Morgan fingerprint density at radius 1 is 1.33 bits per heavy atom. The maximum Gasteiger partial charge on any atom is 0.0485 e. The molecule has 0 amide bonds. The highest BCUT2D eigenvalue weighted by molar-refractivity contribution is 7.84. The summed E-state index contributed by atoms with van der Waals surface area (Å²) in [5.74, 6) is 2.36. The minimum atomic E-state index is -0.701. The lowest BCUT2D eigenvalue weighted by Gasteiger charge is -2.22. The van der Waals surface area contributed by atoms with E-state index >= 15 is 0 Å². The Morgan fingerprint density at radius 2 is 2.11 bits per heavy atom. The first-order chi connectivity index (χ1) is 8.74. The maximum atomic E-state index is 12.1. The summed E-state index contributed by atoms with van der Waals surface area (Å²) < 4.78 is 12.1. The predicted molar refractivity (Wildman–Crippen MR) is 78.1 cm³/mol. The Bertz CT molecular complexity index is 399. The summed E-state index contributed by atoms with van der Waals surface area (Å²) in [4.78, 5) is 0. The van der Waals surface area contributed by atoms with Crippen molar-refractivity contribution in [2.45, 2.75) is 31.9 Å². The number of benzene rings is 1. The molecule has 18 heavy (non-hydrogen) atoms. The van der Waals surface area contributed by atoms with Gasteiger partial charge in [-0.15, -0.1) is 0 Å². The molecule has 1 atom stereocenters. The third-order valence-corrected chi connectivity index (χ3v) is 4.97. The van der Waals surface area contributed by atoms with Crippen LogP contribution in [0.3, 0.4) is 0 Å². The fraction of sp³-hybridized carbons (Fsp3) is 0.600. The highest BCUT2D eigenvalue weighted by Gasteiger charge is 2.14. The van der Waals surface area contributed by atoms with E-state index in [2.05, 4.69) is 36.5 Å². The molecule has 0 aliphatic carbocycles. The second kappa shape index (κ2) is 7.05. The molecule has 2 nitrogen and oxygen atoms in total. The molecule has 2 rings (SSSR count). The van der Waals surface area contributed by atoms with Crippen LogP contribution in [-0.2, 0) is 16.6 Å². The summed E-state index contributed by atoms with van der Waals surface area (Å²) in [7, 11) is -0.701. The number of rotatable bonds is 5. The van der Waals surface area contributed by atoms with Crippen molar-refractivity contribution >= 4 is 10.8 Å². The second-order valence-corrected chi connectivity index (χ2v) is 6.84. The zero-order valence-electron chi connectivity index (χ0n) is 11.2. The molecule has 0 saturated carbocycles. The van der Waals surface area contributed by atoms with Crippen LogP contribution in [0.25, 0.3) is 0 Å². The summed E-state index contributed by atoms with van der Waals surface area (Å²) in [6.45, 7) is 4.35. The zero-order valence-corrected chi connectivity index (χ0v) is 12.0. The van der Waals surface area contributed by atoms with E-state index in [-0.39, 0.29) is 0 Å². The lowest BCUT2D eigenvalue weighted by molar-refractivity contribution is 0.366. The minimum absolute atomic E-state index is 0.701. The van der Waals surface area contributed by atoms with Crippen LogP contribution in [0.4, 0.5) is 0 Å². The van der Waals surface area contributed by atoms with E-state index in [1.165, 1.54) is 24.0 Å². The quantitative estimate of drug-likeness (QED) is 0.887. The fourth-order valence-corrected chi connectivity index (χ4v) is 3.82. The van der Waals surface area contributed by atoms with Gasteiger partial charge >= 0.3 is 0 Å². The first-order valence-electron chi connectivity index (χ1n) is 6.85. The molecular formula is C15H23NOS. The fourth-order valence-electron chi connectivity index (χ4n) is 2.53. The van der Waals surface area contributed by atoms with Crippen molar-refractivity contribution in [2.75, 3.05) is 18.8 Å². The minimum Gasteiger partial charge on any atom is -0.317 e. The van der Waals surface area contributed by atoms with Crippen molar-refractivity contribution < 1.29 is 4.21 Å². The van der Waals surface area contributed by atoms with Crippen LogP contribution in [-0.4, -0.2) is 23.1 Å². The van der Waals surface area contributed by atoms with E-state index < -0.39 is 10.8 Å². The number of aryl methyl sites for hydroxylation is 1. The summed E-state index contributed by atoms with van der Waals surface area (Å²) in [6, 6.07) is 8.36. The van der Waals surface area contributed by atoms with Gasteiger partial charge in [-0.1, -0.05) is 29.8 Å². The molecule has 0 aromatic heterocycles. The lowest BCUT2D eigenvalue weighted by atomic mass is 9.96. The Balaban J connectivity index is 1.74. The van der Waals surface area contributed by atoms with Crippen LogP contribution < -0.4 is 5.32 Å². The van der Waals surface area contributed by atoms with Crippen molar-refractivity contribution in [3.63, 3.8) is 0 Å². The van der Waals surface area contributed by atoms with Gasteiger partial charge in [-0.2, -0.15) is 0 Å². The molecule has 1 fully saturated rings. The number of hydrogen-bond donors (Lipinski definition) is 1. The van der Waals surface area contributed by atoms with Crippen LogP contribution in [0.5, 0.6) is 0 Å². The van der Waals surface area contributed by atoms with Crippen LogP contribution in [0, 0.1) is 12.8 Å². The molecule has 1 heterocycles. The molecule has 1 aliphatic heterocycles. The number of piperidine rings is 1. The van der Waals surface area contributed by atoms with Crippen molar-refractivity contribution in [2.24, 2.45) is 5.92 Å². The molecule has 0 radical (unpaired) electrons. The average molecular weight is 265 g/mol. The van der Waals surface area contributed by atoms with Crippen LogP contribution in [0.15, 0.2) is 24.3 Å². The molecule has 1 aromatic rings. The van der Waals surface area contributed by atoms with Crippen LogP contribution in [0.1, 0.15) is 30.4 Å². The van der Waals surface area contributed by atoms with Gasteiger partial charge in [0.2, 0.25) is 0 Å². The highest BCUT2D eigenvalue weighted by atomic mass is 32.2. The van der Waals surface area contributed by atoms with E-state index in [1.54, 1.807) is 0 Å². The van der Waals surface area contributed by atoms with Crippen molar-refractivity contribution in [1.82, 2.24) is 5.32 Å². The molecule has 1 aliphatic rings. The monoisotopic (exact) mass is 265 g/mol. The topological polar surface area (TPSA) is 29.1 Å². The van der Waals surface area contributed by atoms with E-state index in [0.717, 1.165) is 31.2 Å². The normalized spacial score (nSPS) is 18.7. The number of nitrogens with one attached hydrogen (secondary N) is 1. The zero-order chi connectivity index (χ0) is 12.8. The molecule has 1 unspecified atom stereocenters. The summed E-state index contributed by atoms with van der Waals surface area (Å²) >= 11 is 0. The smallest absolute Gasteiger partial charge is 0.0485 e. The van der Waals surface area contributed by atoms with Gasteiger partial charge in [0.05, 0.1) is 0 Å². The summed E-state index contributed by atoms with van der Waals surface area (Å²) in [6.07, 6.45) is 3.63. The number of hydrogen-bond acceptors (Lipinski definition) is 2. The molecule has 100 valence electrons. The molecule has 1 N–H and O–H groups in total. The van der Waals surface area contributed by atoms with Gasteiger partial charge in [0, 0.05) is 22.3 Å². The highest BCUT2D eigenvalue weighted by Crippen LogP contribution is 2.17. The molecule has 3 heteroatoms. The Morgan fingerprint density at radius 3 is 2.83 bits per heavy atom. The first-order valence-corrected chi connectivity index (χ1v) is 8.34. The second-order valence-electron chi connectivity index (χ2n) is 5.26. The summed E-state index contributed by atoms with van der Waals surface area (Å²) in [5.41, 5.74) is 2.46. The Labute approximate surface area is 113 Å². The lowest BCUT2D eigenvalue weighted by Crippen LogP contribution is -2.28. The molecular weight excluding hydrogens is 242 g/mol. The van der Waals surface area contributed by atoms with Gasteiger partial charge in [0.15, 0.2) is 0 Å². The van der Waals surface area contributed by atoms with Crippen molar-refractivity contribution in [3.8, 4) is 0 Å². The maximum absolute atomic E-state index is 12.1.